The van der Waals surface area contributed by atoms with Crippen molar-refractivity contribution in [1.82, 2.24) is 4.72 Å². The molecule has 0 aromatic heterocycles. The van der Waals surface area contributed by atoms with Gasteiger partial charge >= 0.3 is 0 Å². The molecule has 0 amide bonds. The Kier molecular flexibility index (Phi) is 4.42. The summed E-state index contributed by atoms with van der Waals surface area (Å²) in [7, 11) is -3.56. The van der Waals surface area contributed by atoms with Crippen molar-refractivity contribution in [3.8, 4) is 0 Å². The van der Waals surface area contributed by atoms with Gasteiger partial charge in [0.25, 0.3) is 0 Å². The van der Waals surface area contributed by atoms with Crippen LogP contribution in [0.2, 0.25) is 5.02 Å². The van der Waals surface area contributed by atoms with Gasteiger partial charge in [-0.2, -0.15) is 11.8 Å². The van der Waals surface area contributed by atoms with Crippen LogP contribution in [0.1, 0.15) is 12.8 Å². The minimum absolute atomic E-state index is 0.0117. The lowest BCUT2D eigenvalue weighted by molar-refractivity contribution is 0.543. The fraction of sp³-hybridized carbons (Fsp3) is 0.455. The Morgan fingerprint density at radius 2 is 2.22 bits per heavy atom. The van der Waals surface area contributed by atoms with E-state index >= 15 is 0 Å². The van der Waals surface area contributed by atoms with Gasteiger partial charge in [0.05, 0.1) is 5.02 Å². The summed E-state index contributed by atoms with van der Waals surface area (Å²) in [6, 6.07) is 4.42. The van der Waals surface area contributed by atoms with Gasteiger partial charge in [-0.05, 0) is 36.8 Å². The fourth-order valence-corrected chi connectivity index (χ4v) is 4.85. The zero-order chi connectivity index (χ0) is 13.2. The van der Waals surface area contributed by atoms with E-state index in [4.69, 9.17) is 17.3 Å². The van der Waals surface area contributed by atoms with Gasteiger partial charge in [-0.3, -0.25) is 0 Å². The highest BCUT2D eigenvalue weighted by Crippen LogP contribution is 2.25. The van der Waals surface area contributed by atoms with Crippen LogP contribution in [0.3, 0.4) is 0 Å². The molecule has 0 saturated carbocycles. The van der Waals surface area contributed by atoms with E-state index in [-0.39, 0.29) is 16.0 Å². The smallest absolute Gasteiger partial charge is 0.242 e. The Balaban J connectivity index is 2.19. The van der Waals surface area contributed by atoms with E-state index in [1.807, 2.05) is 0 Å². The van der Waals surface area contributed by atoms with Crippen LogP contribution in [-0.2, 0) is 10.0 Å². The van der Waals surface area contributed by atoms with Gasteiger partial charge in [-0.15, -0.1) is 0 Å². The number of hydrogen-bond acceptors (Lipinski definition) is 4. The highest BCUT2D eigenvalue weighted by molar-refractivity contribution is 7.99. The van der Waals surface area contributed by atoms with Crippen LogP contribution >= 0.6 is 23.4 Å². The summed E-state index contributed by atoms with van der Waals surface area (Å²) in [5.74, 6) is 1.91. The number of rotatable bonds is 3. The number of benzene rings is 1. The Morgan fingerprint density at radius 1 is 1.44 bits per heavy atom. The van der Waals surface area contributed by atoms with E-state index in [0.717, 1.165) is 24.3 Å². The van der Waals surface area contributed by atoms with E-state index in [2.05, 4.69) is 4.72 Å². The summed E-state index contributed by atoms with van der Waals surface area (Å²) < 4.78 is 27.1. The molecule has 1 aromatic rings. The van der Waals surface area contributed by atoms with Gasteiger partial charge in [0.2, 0.25) is 10.0 Å². The van der Waals surface area contributed by atoms with E-state index in [9.17, 15) is 8.42 Å². The van der Waals surface area contributed by atoms with Crippen molar-refractivity contribution in [2.45, 2.75) is 23.8 Å². The third kappa shape index (κ3) is 3.32. The second kappa shape index (κ2) is 5.69. The van der Waals surface area contributed by atoms with Crippen molar-refractivity contribution >= 4 is 39.1 Å². The molecule has 1 aliphatic rings. The molecule has 0 radical (unpaired) electrons. The summed E-state index contributed by atoms with van der Waals surface area (Å²) in [6.07, 6.45) is 1.91. The number of sulfonamides is 1. The lowest BCUT2D eigenvalue weighted by atomic mass is 10.2. The molecule has 0 bridgehead atoms. The lowest BCUT2D eigenvalue weighted by Crippen LogP contribution is -2.38. The van der Waals surface area contributed by atoms with Gasteiger partial charge < -0.3 is 5.73 Å². The SMILES string of the molecule is Nc1ccc(S(=O)(=O)NC2CCCSC2)c(Cl)c1. The van der Waals surface area contributed by atoms with Crippen molar-refractivity contribution in [3.05, 3.63) is 23.2 Å². The number of thioether (sulfide) groups is 1. The predicted molar refractivity (Wildman–Crippen MR) is 76.5 cm³/mol. The number of nitrogens with one attached hydrogen (secondary N) is 1. The number of hydrogen-bond donors (Lipinski definition) is 2. The van der Waals surface area contributed by atoms with Crippen molar-refractivity contribution in [1.29, 1.82) is 0 Å². The van der Waals surface area contributed by atoms with Gasteiger partial charge in [0.15, 0.2) is 0 Å². The first kappa shape index (κ1) is 14.0. The number of nitrogens with two attached hydrogens (primary N) is 1. The molecule has 0 spiro atoms. The molecule has 1 aromatic carbocycles. The summed E-state index contributed by atoms with van der Waals surface area (Å²) in [5, 5.41) is 0.158. The Labute approximate surface area is 116 Å². The summed E-state index contributed by atoms with van der Waals surface area (Å²) in [4.78, 5) is 0.0916. The summed E-state index contributed by atoms with van der Waals surface area (Å²) in [6.45, 7) is 0. The van der Waals surface area contributed by atoms with Crippen LogP contribution in [0.15, 0.2) is 23.1 Å². The molecule has 1 aliphatic heterocycles. The highest BCUT2D eigenvalue weighted by Gasteiger charge is 2.23. The number of anilines is 1. The Bertz CT molecular complexity index is 528. The van der Waals surface area contributed by atoms with Crippen LogP contribution < -0.4 is 10.5 Å². The molecule has 1 atom stereocenters. The van der Waals surface area contributed by atoms with E-state index in [0.29, 0.717) is 5.69 Å². The quantitative estimate of drug-likeness (QED) is 0.839. The minimum atomic E-state index is -3.56. The number of nitrogen functional groups attached to an aromatic ring is 1. The molecule has 100 valence electrons. The maximum absolute atomic E-state index is 12.2. The Morgan fingerprint density at radius 3 is 2.83 bits per heavy atom. The van der Waals surface area contributed by atoms with Gasteiger partial charge in [-0.25, -0.2) is 13.1 Å². The molecule has 4 nitrogen and oxygen atoms in total. The monoisotopic (exact) mass is 306 g/mol. The average molecular weight is 307 g/mol. The van der Waals surface area contributed by atoms with Crippen molar-refractivity contribution in [3.63, 3.8) is 0 Å². The average Bonchev–Trinajstić information content (AvgIpc) is 2.29. The molecule has 7 heteroatoms. The molecule has 1 fully saturated rings. The molecular weight excluding hydrogens is 292 g/mol. The first-order valence-corrected chi connectivity index (χ1v) is 8.66. The Hall–Kier alpha value is -0.430. The van der Waals surface area contributed by atoms with Gasteiger partial charge in [0.1, 0.15) is 4.90 Å². The van der Waals surface area contributed by atoms with Crippen molar-refractivity contribution < 1.29 is 8.42 Å². The van der Waals surface area contributed by atoms with Crippen LogP contribution in [-0.4, -0.2) is 26.0 Å². The molecule has 18 heavy (non-hydrogen) atoms. The zero-order valence-corrected chi connectivity index (χ0v) is 12.1. The van der Waals surface area contributed by atoms with E-state index in [1.165, 1.54) is 18.2 Å². The maximum atomic E-state index is 12.2. The first-order chi connectivity index (χ1) is 8.49. The highest BCUT2D eigenvalue weighted by atomic mass is 35.5. The van der Waals surface area contributed by atoms with Crippen LogP contribution in [0.25, 0.3) is 0 Å². The fourth-order valence-electron chi connectivity index (χ4n) is 1.85. The minimum Gasteiger partial charge on any atom is -0.399 e. The van der Waals surface area contributed by atoms with Gasteiger partial charge in [-0.1, -0.05) is 11.6 Å². The third-order valence-electron chi connectivity index (χ3n) is 2.73. The molecular formula is C11H15ClN2O2S2. The molecule has 0 aliphatic carbocycles. The maximum Gasteiger partial charge on any atom is 0.242 e. The van der Waals surface area contributed by atoms with Gasteiger partial charge in [0, 0.05) is 17.5 Å². The van der Waals surface area contributed by atoms with Crippen LogP contribution in [0, 0.1) is 0 Å². The molecule has 1 saturated heterocycles. The standard InChI is InChI=1S/C11H15ClN2O2S2/c12-10-6-8(13)3-4-11(10)18(15,16)14-9-2-1-5-17-7-9/h3-4,6,9,14H,1-2,5,7,13H2. The second-order valence-corrected chi connectivity index (χ2v) is 7.46. The lowest BCUT2D eigenvalue weighted by Gasteiger charge is -2.22. The zero-order valence-electron chi connectivity index (χ0n) is 9.73. The molecule has 2 rings (SSSR count). The second-order valence-electron chi connectivity index (χ2n) is 4.23. The molecule has 1 heterocycles. The largest absolute Gasteiger partial charge is 0.399 e. The number of halogens is 1. The van der Waals surface area contributed by atoms with E-state index in [1.54, 1.807) is 11.8 Å². The normalized spacial score (nSPS) is 20.8. The third-order valence-corrected chi connectivity index (χ3v) is 5.95. The van der Waals surface area contributed by atoms with Crippen molar-refractivity contribution in [2.75, 3.05) is 17.2 Å². The van der Waals surface area contributed by atoms with Crippen molar-refractivity contribution in [2.24, 2.45) is 0 Å². The predicted octanol–water partition coefficient (Wildman–Crippen LogP) is 2.10. The topological polar surface area (TPSA) is 72.2 Å². The molecule has 1 unspecified atom stereocenters. The first-order valence-electron chi connectivity index (χ1n) is 5.64. The summed E-state index contributed by atoms with van der Waals surface area (Å²) in [5.41, 5.74) is 6.00. The van der Waals surface area contributed by atoms with Crippen LogP contribution in [0.4, 0.5) is 5.69 Å². The van der Waals surface area contributed by atoms with E-state index < -0.39 is 10.0 Å². The summed E-state index contributed by atoms with van der Waals surface area (Å²) >= 11 is 7.69. The molecule has 3 N–H and O–H groups in total. The van der Waals surface area contributed by atoms with Crippen LogP contribution in [0.5, 0.6) is 0 Å².